The number of aryl methyl sites for hydroxylation is 6. The topological polar surface area (TPSA) is 38.7 Å². The lowest BCUT2D eigenvalue weighted by Gasteiger charge is -2.12. The van der Waals surface area contributed by atoms with Crippen molar-refractivity contribution in [1.29, 1.82) is 0 Å². The summed E-state index contributed by atoms with van der Waals surface area (Å²) in [7, 11) is 0. The van der Waals surface area contributed by atoms with Crippen LogP contribution in [0, 0.1) is 0 Å². The first-order valence-electron chi connectivity index (χ1n) is 16.9. The van der Waals surface area contributed by atoms with Gasteiger partial charge in [-0.2, -0.15) is 0 Å². The molecule has 0 unspecified atom stereocenters. The van der Waals surface area contributed by atoms with Gasteiger partial charge < -0.3 is 0 Å². The van der Waals surface area contributed by atoms with Crippen LogP contribution >= 0.6 is 0 Å². The fourth-order valence-electron chi connectivity index (χ4n) is 6.19. The summed E-state index contributed by atoms with van der Waals surface area (Å²) in [5.74, 6) is 0. The van der Waals surface area contributed by atoms with E-state index in [2.05, 4.69) is 127 Å². The van der Waals surface area contributed by atoms with Crippen LogP contribution in [0.5, 0.6) is 0 Å². The Morgan fingerprint density at radius 3 is 0.792 bits per heavy atom. The Kier molecular flexibility index (Phi) is 9.85. The molecule has 0 atom stereocenters. The first-order chi connectivity index (χ1) is 23.7. The van der Waals surface area contributed by atoms with Crippen molar-refractivity contribution in [2.75, 3.05) is 0 Å². The Balaban J connectivity index is 1.05. The van der Waals surface area contributed by atoms with Crippen molar-refractivity contribution >= 4 is 0 Å². The van der Waals surface area contributed by atoms with Gasteiger partial charge in [0, 0.05) is 35.3 Å². The van der Waals surface area contributed by atoms with Gasteiger partial charge in [-0.25, -0.2) is 0 Å². The maximum Gasteiger partial charge on any atom is 0.0702 e. The van der Waals surface area contributed by atoms with Crippen LogP contribution in [0.15, 0.2) is 164 Å². The number of benzene rings is 4. The second kappa shape index (κ2) is 15.3. The quantitative estimate of drug-likeness (QED) is 0.136. The van der Waals surface area contributed by atoms with Crippen LogP contribution in [0.1, 0.15) is 33.4 Å². The van der Waals surface area contributed by atoms with E-state index >= 15 is 0 Å². The molecular formula is C45H39N3. The first-order valence-corrected chi connectivity index (χ1v) is 16.9. The van der Waals surface area contributed by atoms with Crippen LogP contribution in [0.3, 0.4) is 0 Å². The molecule has 0 amide bonds. The normalized spacial score (nSPS) is 11.0. The summed E-state index contributed by atoms with van der Waals surface area (Å²) in [5, 5.41) is 0. The molecule has 0 aliphatic heterocycles. The second-order valence-electron chi connectivity index (χ2n) is 12.4. The van der Waals surface area contributed by atoms with Gasteiger partial charge in [-0.05, 0) is 90.1 Å². The average molecular weight is 622 g/mol. The zero-order valence-corrected chi connectivity index (χ0v) is 27.2. The van der Waals surface area contributed by atoms with E-state index in [-0.39, 0.29) is 0 Å². The molecule has 0 fully saturated rings. The van der Waals surface area contributed by atoms with Gasteiger partial charge in [-0.1, -0.05) is 127 Å². The van der Waals surface area contributed by atoms with E-state index in [1.54, 1.807) is 0 Å². The van der Waals surface area contributed by atoms with E-state index in [0.717, 1.165) is 72.3 Å². The molecule has 0 aliphatic rings. The lowest BCUT2D eigenvalue weighted by Crippen LogP contribution is -2.00. The van der Waals surface area contributed by atoms with Gasteiger partial charge in [0.1, 0.15) is 0 Å². The standard InChI is InChI=1S/C45H39N3/c1-4-10-40(11-5-1)43-25-22-34(31-46-43)16-19-37-28-38(20-17-35-23-26-44(47-32-35)41-12-6-2-7-13-41)30-39(29-37)21-18-36-24-27-45(48-33-36)42-14-8-3-9-15-42/h1-15,22-33H,16-21H2. The van der Waals surface area contributed by atoms with Crippen molar-refractivity contribution in [1.82, 2.24) is 15.0 Å². The Labute approximate surface area is 284 Å². The summed E-state index contributed by atoms with van der Waals surface area (Å²) in [4.78, 5) is 14.3. The number of rotatable bonds is 12. The van der Waals surface area contributed by atoms with E-state index in [1.165, 1.54) is 33.4 Å². The molecular weight excluding hydrogens is 583 g/mol. The predicted molar refractivity (Wildman–Crippen MR) is 198 cm³/mol. The predicted octanol–water partition coefficient (Wildman–Crippen LogP) is 10.2. The number of pyridine rings is 3. The van der Waals surface area contributed by atoms with Gasteiger partial charge in [0.05, 0.1) is 17.1 Å². The molecule has 0 bridgehead atoms. The highest BCUT2D eigenvalue weighted by Gasteiger charge is 2.07. The van der Waals surface area contributed by atoms with Gasteiger partial charge >= 0.3 is 0 Å². The van der Waals surface area contributed by atoms with Crippen LogP contribution in [-0.2, 0) is 38.5 Å². The van der Waals surface area contributed by atoms with E-state index in [1.807, 2.05) is 36.8 Å². The molecule has 0 aliphatic carbocycles. The van der Waals surface area contributed by atoms with Gasteiger partial charge in [0.15, 0.2) is 0 Å². The van der Waals surface area contributed by atoms with E-state index < -0.39 is 0 Å². The molecule has 0 saturated heterocycles. The zero-order chi connectivity index (χ0) is 32.4. The smallest absolute Gasteiger partial charge is 0.0702 e. The molecule has 0 radical (unpaired) electrons. The largest absolute Gasteiger partial charge is 0.256 e. The van der Waals surface area contributed by atoms with Crippen molar-refractivity contribution in [2.24, 2.45) is 0 Å². The Morgan fingerprint density at radius 2 is 0.542 bits per heavy atom. The van der Waals surface area contributed by atoms with E-state index in [0.29, 0.717) is 0 Å². The number of aromatic nitrogens is 3. The Hall–Kier alpha value is -5.67. The summed E-state index contributed by atoms with van der Waals surface area (Å²) >= 11 is 0. The maximum atomic E-state index is 4.76. The van der Waals surface area contributed by atoms with E-state index in [9.17, 15) is 0 Å². The fraction of sp³-hybridized carbons (Fsp3) is 0.133. The van der Waals surface area contributed by atoms with Crippen LogP contribution in [-0.4, -0.2) is 15.0 Å². The van der Waals surface area contributed by atoms with Crippen molar-refractivity contribution in [3.05, 3.63) is 198 Å². The van der Waals surface area contributed by atoms with Crippen LogP contribution < -0.4 is 0 Å². The van der Waals surface area contributed by atoms with Crippen molar-refractivity contribution in [3.63, 3.8) is 0 Å². The Morgan fingerprint density at radius 1 is 0.271 bits per heavy atom. The molecule has 7 aromatic rings. The molecule has 3 heterocycles. The highest BCUT2D eigenvalue weighted by Crippen LogP contribution is 2.22. The third kappa shape index (κ3) is 8.18. The zero-order valence-electron chi connectivity index (χ0n) is 27.2. The van der Waals surface area contributed by atoms with Crippen LogP contribution in [0.2, 0.25) is 0 Å². The third-order valence-electron chi connectivity index (χ3n) is 8.90. The summed E-state index contributed by atoms with van der Waals surface area (Å²) < 4.78 is 0. The maximum absolute atomic E-state index is 4.76. The summed E-state index contributed by atoms with van der Waals surface area (Å²) in [6, 6.07) is 51.4. The van der Waals surface area contributed by atoms with Crippen LogP contribution in [0.25, 0.3) is 33.8 Å². The lowest BCUT2D eigenvalue weighted by molar-refractivity contribution is 0.897. The summed E-state index contributed by atoms with van der Waals surface area (Å²) in [6.07, 6.45) is 11.9. The molecule has 3 aromatic heterocycles. The molecule has 4 aromatic carbocycles. The van der Waals surface area contributed by atoms with Gasteiger partial charge in [-0.3, -0.25) is 15.0 Å². The second-order valence-corrected chi connectivity index (χ2v) is 12.4. The molecule has 3 heteroatoms. The van der Waals surface area contributed by atoms with Gasteiger partial charge in [0.2, 0.25) is 0 Å². The summed E-state index contributed by atoms with van der Waals surface area (Å²) in [5.41, 5.74) is 14.4. The monoisotopic (exact) mass is 621 g/mol. The molecule has 0 saturated carbocycles. The minimum absolute atomic E-state index is 0.959. The summed E-state index contributed by atoms with van der Waals surface area (Å²) in [6.45, 7) is 0. The minimum atomic E-state index is 0.959. The van der Waals surface area contributed by atoms with Crippen LogP contribution in [0.4, 0.5) is 0 Å². The molecule has 48 heavy (non-hydrogen) atoms. The molecule has 0 spiro atoms. The molecule has 3 nitrogen and oxygen atoms in total. The number of hydrogen-bond acceptors (Lipinski definition) is 3. The van der Waals surface area contributed by atoms with Crippen molar-refractivity contribution in [3.8, 4) is 33.8 Å². The van der Waals surface area contributed by atoms with Crippen molar-refractivity contribution in [2.45, 2.75) is 38.5 Å². The van der Waals surface area contributed by atoms with E-state index in [4.69, 9.17) is 15.0 Å². The SMILES string of the molecule is c1ccc(-c2ccc(CCc3cc(CCc4ccc(-c5ccccc5)nc4)cc(CCc4ccc(-c5ccccc5)nc4)c3)cn2)cc1. The first kappa shape index (κ1) is 31.0. The van der Waals surface area contributed by atoms with Gasteiger partial charge in [0.25, 0.3) is 0 Å². The highest BCUT2D eigenvalue weighted by atomic mass is 14.7. The molecule has 234 valence electrons. The third-order valence-corrected chi connectivity index (χ3v) is 8.90. The van der Waals surface area contributed by atoms with Crippen molar-refractivity contribution < 1.29 is 0 Å². The van der Waals surface area contributed by atoms with Gasteiger partial charge in [-0.15, -0.1) is 0 Å². The molecule has 7 rings (SSSR count). The number of hydrogen-bond donors (Lipinski definition) is 0. The number of nitrogens with zero attached hydrogens (tertiary/aromatic N) is 3. The lowest BCUT2D eigenvalue weighted by atomic mass is 9.94. The highest BCUT2D eigenvalue weighted by molar-refractivity contribution is 5.60. The molecule has 0 N–H and O–H groups in total. The fourth-order valence-corrected chi connectivity index (χ4v) is 6.19. The Bertz CT molecular complexity index is 1770. The minimum Gasteiger partial charge on any atom is -0.256 e. The average Bonchev–Trinajstić information content (AvgIpc) is 3.17.